The first-order valence-electron chi connectivity index (χ1n) is 7.41. The van der Waals surface area contributed by atoms with Crippen LogP contribution in [0.5, 0.6) is 5.75 Å². The van der Waals surface area contributed by atoms with Gasteiger partial charge in [-0.3, -0.25) is 9.59 Å². The number of amides is 2. The largest absolute Gasteiger partial charge is 0.496 e. The Kier molecular flexibility index (Phi) is 6.40. The smallest absolute Gasteiger partial charge is 0.245 e. The van der Waals surface area contributed by atoms with Crippen LogP contribution < -0.4 is 10.1 Å². The second-order valence-corrected chi connectivity index (χ2v) is 5.93. The molecule has 0 bridgehead atoms. The molecule has 0 spiro atoms. The fraction of sp³-hybridized carbons (Fsp3) is 0.529. The van der Waals surface area contributed by atoms with E-state index < -0.39 is 6.04 Å². The Hall–Kier alpha value is -2.04. The second-order valence-electron chi connectivity index (χ2n) is 5.93. The molecule has 1 aromatic carbocycles. The van der Waals surface area contributed by atoms with Crippen molar-refractivity contribution in [3.63, 3.8) is 0 Å². The minimum atomic E-state index is -0.515. The molecule has 0 unspecified atom stereocenters. The standard InChI is InChI=1S/C17H26N2O3/c1-11(2)16(18-13(4)20)17(21)19(5)10-14-9-12(3)7-8-15(14)22-6/h7-9,11,16H,10H2,1-6H3,(H,18,20)/t16-/m0/s1. The molecule has 0 saturated carbocycles. The molecule has 5 heteroatoms. The maximum Gasteiger partial charge on any atom is 0.245 e. The van der Waals surface area contributed by atoms with Gasteiger partial charge in [-0.05, 0) is 18.9 Å². The molecule has 0 aliphatic rings. The summed E-state index contributed by atoms with van der Waals surface area (Å²) >= 11 is 0. The van der Waals surface area contributed by atoms with Crippen molar-refractivity contribution < 1.29 is 14.3 Å². The Morgan fingerprint density at radius 3 is 2.45 bits per heavy atom. The van der Waals surface area contributed by atoms with Gasteiger partial charge in [-0.1, -0.05) is 31.5 Å². The van der Waals surface area contributed by atoms with Crippen LogP contribution in [-0.2, 0) is 16.1 Å². The summed E-state index contributed by atoms with van der Waals surface area (Å²) in [6, 6.07) is 5.36. The lowest BCUT2D eigenvalue weighted by atomic mass is 10.0. The maximum absolute atomic E-state index is 12.6. The summed E-state index contributed by atoms with van der Waals surface area (Å²) in [4.78, 5) is 25.5. The van der Waals surface area contributed by atoms with E-state index in [4.69, 9.17) is 4.74 Å². The molecule has 5 nitrogen and oxygen atoms in total. The van der Waals surface area contributed by atoms with Crippen molar-refractivity contribution in [2.24, 2.45) is 5.92 Å². The third-order valence-corrected chi connectivity index (χ3v) is 3.51. The molecule has 0 aromatic heterocycles. The van der Waals surface area contributed by atoms with Gasteiger partial charge < -0.3 is 15.0 Å². The number of hydrogen-bond donors (Lipinski definition) is 1. The van der Waals surface area contributed by atoms with E-state index >= 15 is 0 Å². The van der Waals surface area contributed by atoms with E-state index in [1.165, 1.54) is 6.92 Å². The average molecular weight is 306 g/mol. The van der Waals surface area contributed by atoms with Crippen molar-refractivity contribution in [1.29, 1.82) is 0 Å². The summed E-state index contributed by atoms with van der Waals surface area (Å²) in [5.41, 5.74) is 2.06. The van der Waals surface area contributed by atoms with Crippen molar-refractivity contribution in [2.45, 2.75) is 40.3 Å². The van der Waals surface area contributed by atoms with E-state index in [9.17, 15) is 9.59 Å². The van der Waals surface area contributed by atoms with Crippen LogP contribution >= 0.6 is 0 Å². The highest BCUT2D eigenvalue weighted by atomic mass is 16.5. The van der Waals surface area contributed by atoms with Crippen LogP contribution in [0.15, 0.2) is 18.2 Å². The highest BCUT2D eigenvalue weighted by Crippen LogP contribution is 2.21. The molecule has 0 fully saturated rings. The lowest BCUT2D eigenvalue weighted by molar-refractivity contribution is -0.136. The Morgan fingerprint density at radius 1 is 1.32 bits per heavy atom. The lowest BCUT2D eigenvalue weighted by Crippen LogP contribution is -2.49. The number of carbonyl (C=O) groups is 2. The maximum atomic E-state index is 12.6. The quantitative estimate of drug-likeness (QED) is 0.876. The summed E-state index contributed by atoms with van der Waals surface area (Å²) in [6.45, 7) is 7.69. The number of benzene rings is 1. The zero-order valence-electron chi connectivity index (χ0n) is 14.3. The third-order valence-electron chi connectivity index (χ3n) is 3.51. The molecule has 1 aromatic rings. The van der Waals surface area contributed by atoms with E-state index in [0.717, 1.165) is 16.9 Å². The highest BCUT2D eigenvalue weighted by molar-refractivity contribution is 5.87. The van der Waals surface area contributed by atoms with Crippen LogP contribution in [0.3, 0.4) is 0 Å². The van der Waals surface area contributed by atoms with Gasteiger partial charge in [0.2, 0.25) is 11.8 Å². The monoisotopic (exact) mass is 306 g/mol. The topological polar surface area (TPSA) is 58.6 Å². The van der Waals surface area contributed by atoms with Gasteiger partial charge in [0.15, 0.2) is 0 Å². The van der Waals surface area contributed by atoms with Crippen LogP contribution in [0.25, 0.3) is 0 Å². The molecule has 1 N–H and O–H groups in total. The van der Waals surface area contributed by atoms with E-state index in [1.54, 1.807) is 19.1 Å². The van der Waals surface area contributed by atoms with Gasteiger partial charge in [0.1, 0.15) is 11.8 Å². The molecule has 0 saturated heterocycles. The van der Waals surface area contributed by atoms with Gasteiger partial charge in [-0.2, -0.15) is 0 Å². The number of ether oxygens (including phenoxy) is 1. The Balaban J connectivity index is 2.91. The van der Waals surface area contributed by atoms with Gasteiger partial charge in [0.25, 0.3) is 0 Å². The van der Waals surface area contributed by atoms with Gasteiger partial charge in [0.05, 0.1) is 7.11 Å². The van der Waals surface area contributed by atoms with E-state index in [0.29, 0.717) is 6.54 Å². The van der Waals surface area contributed by atoms with Crippen molar-refractivity contribution in [1.82, 2.24) is 10.2 Å². The summed E-state index contributed by atoms with van der Waals surface area (Å²) in [7, 11) is 3.35. The Labute approximate surface area is 132 Å². The van der Waals surface area contributed by atoms with Crippen LogP contribution in [0.1, 0.15) is 31.9 Å². The minimum absolute atomic E-state index is 0.0262. The number of carbonyl (C=O) groups excluding carboxylic acids is 2. The number of methoxy groups -OCH3 is 1. The molecule has 1 atom stereocenters. The lowest BCUT2D eigenvalue weighted by Gasteiger charge is -2.27. The molecule has 2 amide bonds. The number of likely N-dealkylation sites (N-methyl/N-ethyl adjacent to an activating group) is 1. The number of rotatable bonds is 6. The van der Waals surface area contributed by atoms with Gasteiger partial charge >= 0.3 is 0 Å². The molecule has 0 aliphatic heterocycles. The van der Waals surface area contributed by atoms with Crippen molar-refractivity contribution >= 4 is 11.8 Å². The number of nitrogens with one attached hydrogen (secondary N) is 1. The third kappa shape index (κ3) is 4.76. The predicted octanol–water partition coefficient (Wildman–Crippen LogP) is 2.12. The van der Waals surface area contributed by atoms with Crippen molar-refractivity contribution in [3.8, 4) is 5.75 Å². The molecule has 22 heavy (non-hydrogen) atoms. The number of nitrogens with zero attached hydrogens (tertiary/aromatic N) is 1. The average Bonchev–Trinajstić information content (AvgIpc) is 2.43. The fourth-order valence-electron chi connectivity index (χ4n) is 2.33. The van der Waals surface area contributed by atoms with Crippen molar-refractivity contribution in [3.05, 3.63) is 29.3 Å². The fourth-order valence-corrected chi connectivity index (χ4v) is 2.33. The Bertz CT molecular complexity index is 541. The van der Waals surface area contributed by atoms with Crippen LogP contribution in [-0.4, -0.2) is 36.9 Å². The highest BCUT2D eigenvalue weighted by Gasteiger charge is 2.26. The predicted molar refractivity (Wildman–Crippen MR) is 86.6 cm³/mol. The first-order valence-corrected chi connectivity index (χ1v) is 7.41. The molecule has 0 aliphatic carbocycles. The molecular formula is C17H26N2O3. The second kappa shape index (κ2) is 7.82. The van der Waals surface area contributed by atoms with Gasteiger partial charge in [0, 0.05) is 26.1 Å². The summed E-state index contributed by atoms with van der Waals surface area (Å²) < 4.78 is 5.35. The summed E-state index contributed by atoms with van der Waals surface area (Å²) in [5, 5.41) is 2.72. The van der Waals surface area contributed by atoms with E-state index in [1.807, 2.05) is 39.0 Å². The zero-order chi connectivity index (χ0) is 16.9. The molecule has 1 rings (SSSR count). The number of aryl methyl sites for hydroxylation is 1. The SMILES string of the molecule is COc1ccc(C)cc1CN(C)C(=O)[C@@H](NC(C)=O)C(C)C. The summed E-state index contributed by atoms with van der Waals surface area (Å²) in [6.07, 6.45) is 0. The van der Waals surface area contributed by atoms with Gasteiger partial charge in [-0.25, -0.2) is 0 Å². The zero-order valence-corrected chi connectivity index (χ0v) is 14.3. The van der Waals surface area contributed by atoms with E-state index in [-0.39, 0.29) is 17.7 Å². The van der Waals surface area contributed by atoms with E-state index in [2.05, 4.69) is 5.32 Å². The molecule has 0 radical (unpaired) electrons. The van der Waals surface area contributed by atoms with Crippen LogP contribution in [0, 0.1) is 12.8 Å². The summed E-state index contributed by atoms with van der Waals surface area (Å²) in [5.74, 6) is 0.478. The molecule has 122 valence electrons. The molecular weight excluding hydrogens is 280 g/mol. The van der Waals surface area contributed by atoms with Crippen LogP contribution in [0.4, 0.5) is 0 Å². The minimum Gasteiger partial charge on any atom is -0.496 e. The van der Waals surface area contributed by atoms with Gasteiger partial charge in [-0.15, -0.1) is 0 Å². The van der Waals surface area contributed by atoms with Crippen molar-refractivity contribution in [2.75, 3.05) is 14.2 Å². The number of hydrogen-bond acceptors (Lipinski definition) is 3. The van der Waals surface area contributed by atoms with Crippen LogP contribution in [0.2, 0.25) is 0 Å². The molecule has 0 heterocycles. The Morgan fingerprint density at radius 2 is 1.95 bits per heavy atom. The first kappa shape index (κ1) is 18.0. The normalized spacial score (nSPS) is 12.0. The first-order chi connectivity index (χ1) is 10.3.